The summed E-state index contributed by atoms with van der Waals surface area (Å²) in [5.41, 5.74) is 2.05. The Labute approximate surface area is 165 Å². The summed E-state index contributed by atoms with van der Waals surface area (Å²) in [6, 6.07) is 12.4. The van der Waals surface area contributed by atoms with Crippen molar-refractivity contribution in [1.82, 2.24) is 4.90 Å². The highest BCUT2D eigenvalue weighted by molar-refractivity contribution is 7.87. The summed E-state index contributed by atoms with van der Waals surface area (Å²) < 4.78 is 35.3. The van der Waals surface area contributed by atoms with E-state index in [1.807, 2.05) is 19.0 Å². The third kappa shape index (κ3) is 3.96. The summed E-state index contributed by atoms with van der Waals surface area (Å²) in [4.78, 5) is 16.3. The van der Waals surface area contributed by atoms with Crippen LogP contribution in [0.1, 0.15) is 11.6 Å². The molecule has 2 aromatic rings. The molecule has 0 fully saturated rings. The van der Waals surface area contributed by atoms with Crippen molar-refractivity contribution in [3.63, 3.8) is 0 Å². The molecule has 1 amide bonds. The van der Waals surface area contributed by atoms with Crippen LogP contribution in [0.5, 0.6) is 0 Å². The number of likely N-dealkylation sites (N-methyl/N-ethyl adjacent to an activating group) is 2. The van der Waals surface area contributed by atoms with Gasteiger partial charge >= 0.3 is 10.3 Å². The number of fused-ring (bicyclic) bond motifs is 1. The van der Waals surface area contributed by atoms with Gasteiger partial charge in [0.2, 0.25) is 0 Å². The fourth-order valence-electron chi connectivity index (χ4n) is 3.28. The summed E-state index contributed by atoms with van der Waals surface area (Å²) >= 11 is 0. The summed E-state index contributed by atoms with van der Waals surface area (Å²) in [7, 11) is 0.797. The summed E-state index contributed by atoms with van der Waals surface area (Å²) in [6.45, 7) is 1.46. The van der Waals surface area contributed by atoms with Crippen LogP contribution >= 0.6 is 0 Å². The number of nitrogens with zero attached hydrogens (tertiary/aromatic N) is 3. The van der Waals surface area contributed by atoms with Crippen molar-refractivity contribution in [3.8, 4) is 0 Å². The Morgan fingerprint density at radius 3 is 2.54 bits per heavy atom. The monoisotopic (exact) mass is 404 g/mol. The normalized spacial score (nSPS) is 16.4. The van der Waals surface area contributed by atoms with Crippen molar-refractivity contribution in [3.05, 3.63) is 54.1 Å². The van der Waals surface area contributed by atoms with Crippen LogP contribution in [-0.2, 0) is 15.1 Å². The molecule has 0 bridgehead atoms. The third-order valence-electron chi connectivity index (χ3n) is 4.63. The minimum Gasteiger partial charge on any atom is -0.384 e. The molecule has 1 atom stereocenters. The van der Waals surface area contributed by atoms with Crippen LogP contribution < -0.4 is 14.5 Å². The number of carbonyl (C=O) groups excluding carboxylic acids is 1. The van der Waals surface area contributed by atoms with Gasteiger partial charge in [0.25, 0.3) is 5.91 Å². The van der Waals surface area contributed by atoms with Crippen molar-refractivity contribution in [1.29, 1.82) is 0 Å². The van der Waals surface area contributed by atoms with Gasteiger partial charge in [0.05, 0.1) is 5.69 Å². The lowest BCUT2D eigenvalue weighted by atomic mass is 10.1. The second-order valence-corrected chi connectivity index (χ2v) is 8.20. The molecule has 0 aliphatic carbocycles. The highest BCUT2D eigenvalue weighted by atomic mass is 32.2. The van der Waals surface area contributed by atoms with Crippen molar-refractivity contribution in [2.45, 2.75) is 6.04 Å². The first-order valence-corrected chi connectivity index (χ1v) is 10.2. The second kappa shape index (κ2) is 7.78. The molecule has 8 nitrogen and oxygen atoms in total. The van der Waals surface area contributed by atoms with Crippen LogP contribution in [0.25, 0.3) is 0 Å². The van der Waals surface area contributed by atoms with E-state index in [-0.39, 0.29) is 5.69 Å². The average molecular weight is 404 g/mol. The molecule has 1 heterocycles. The Balaban J connectivity index is 2.00. The Morgan fingerprint density at radius 1 is 1.14 bits per heavy atom. The summed E-state index contributed by atoms with van der Waals surface area (Å²) in [6.07, 6.45) is 0. The number of amides is 1. The maximum absolute atomic E-state index is 12.8. The molecule has 0 radical (unpaired) electrons. The number of hydrogen-bond donors (Lipinski definition) is 2. The minimum absolute atomic E-state index is 0.209. The number of carbonyl (C=O) groups is 1. The molecule has 0 aromatic heterocycles. The first-order valence-electron chi connectivity index (χ1n) is 8.82. The lowest BCUT2D eigenvalue weighted by molar-refractivity contribution is -0.118. The van der Waals surface area contributed by atoms with E-state index in [2.05, 4.69) is 5.32 Å². The van der Waals surface area contributed by atoms with Gasteiger partial charge in [-0.3, -0.25) is 9.35 Å². The lowest BCUT2D eigenvalue weighted by Crippen LogP contribution is -2.40. The molecule has 0 spiro atoms. The average Bonchev–Trinajstić information content (AvgIpc) is 2.87. The van der Waals surface area contributed by atoms with Crippen LogP contribution in [0, 0.1) is 0 Å². The molecular weight excluding hydrogens is 380 g/mol. The second-order valence-electron chi connectivity index (χ2n) is 6.91. The van der Waals surface area contributed by atoms with Gasteiger partial charge in [0.1, 0.15) is 0 Å². The van der Waals surface area contributed by atoms with Crippen LogP contribution in [0.4, 0.5) is 17.1 Å². The fraction of sp³-hybridized carbons (Fsp3) is 0.316. The van der Waals surface area contributed by atoms with E-state index in [1.54, 1.807) is 55.6 Å². The number of benzene rings is 2. The van der Waals surface area contributed by atoms with Gasteiger partial charge in [0.15, 0.2) is 6.04 Å². The number of hydrogen-bond acceptors (Lipinski definition) is 5. The molecule has 0 saturated carbocycles. The highest BCUT2D eigenvalue weighted by Gasteiger charge is 2.43. The molecular formula is C19H24N4O4S. The smallest absolute Gasteiger partial charge is 0.361 e. The molecule has 3 rings (SSSR count). The van der Waals surface area contributed by atoms with Crippen molar-refractivity contribution >= 4 is 33.3 Å². The molecule has 1 aliphatic rings. The van der Waals surface area contributed by atoms with Gasteiger partial charge in [-0.25, -0.2) is 4.31 Å². The van der Waals surface area contributed by atoms with Crippen molar-refractivity contribution in [2.24, 2.45) is 0 Å². The molecule has 0 saturated heterocycles. The molecule has 1 aliphatic heterocycles. The van der Waals surface area contributed by atoms with Crippen LogP contribution in [0.3, 0.4) is 0 Å². The molecule has 2 N–H and O–H groups in total. The molecule has 2 aromatic carbocycles. The first kappa shape index (κ1) is 20.1. The topological polar surface area (TPSA) is 93.2 Å². The fourth-order valence-corrected chi connectivity index (χ4v) is 4.13. The Morgan fingerprint density at radius 2 is 1.86 bits per heavy atom. The van der Waals surface area contributed by atoms with Gasteiger partial charge < -0.3 is 15.1 Å². The molecule has 9 heteroatoms. The van der Waals surface area contributed by atoms with Crippen LogP contribution in [-0.4, -0.2) is 58.0 Å². The van der Waals surface area contributed by atoms with Gasteiger partial charge in [-0.1, -0.05) is 24.3 Å². The van der Waals surface area contributed by atoms with Crippen LogP contribution in [0.2, 0.25) is 0 Å². The predicted octanol–water partition coefficient (Wildman–Crippen LogP) is 1.99. The molecule has 150 valence electrons. The predicted molar refractivity (Wildman–Crippen MR) is 110 cm³/mol. The Hall–Kier alpha value is -2.62. The quantitative estimate of drug-likeness (QED) is 0.686. The van der Waals surface area contributed by atoms with E-state index in [0.717, 1.165) is 10.8 Å². The van der Waals surface area contributed by atoms with E-state index in [9.17, 15) is 17.8 Å². The minimum atomic E-state index is -4.70. The van der Waals surface area contributed by atoms with Gasteiger partial charge in [0, 0.05) is 37.1 Å². The van der Waals surface area contributed by atoms with Crippen LogP contribution in [0.15, 0.2) is 48.5 Å². The van der Waals surface area contributed by atoms with E-state index in [1.165, 1.54) is 4.90 Å². The number of rotatable bonds is 7. The zero-order valence-electron chi connectivity index (χ0n) is 16.0. The van der Waals surface area contributed by atoms with E-state index >= 15 is 0 Å². The maximum atomic E-state index is 12.8. The highest BCUT2D eigenvalue weighted by Crippen LogP contribution is 2.41. The lowest BCUT2D eigenvalue weighted by Gasteiger charge is -2.27. The van der Waals surface area contributed by atoms with Gasteiger partial charge in [-0.05, 0) is 38.4 Å². The Kier molecular flexibility index (Phi) is 5.59. The van der Waals surface area contributed by atoms with E-state index in [0.29, 0.717) is 23.5 Å². The standard InChI is InChI=1S/C19H24N4O4S/c1-21(2)12-11-20-14-7-6-8-15(13-14)23(28(25,26)27)18-16-9-4-5-10-17(16)22(3)19(18)24/h4-10,13,18,20H,11-12H2,1-3H3,(H,25,26,27). The van der Waals surface area contributed by atoms with Gasteiger partial charge in [-0.15, -0.1) is 0 Å². The zero-order valence-corrected chi connectivity index (χ0v) is 16.8. The third-order valence-corrected chi connectivity index (χ3v) is 5.55. The Bertz CT molecular complexity index is 977. The maximum Gasteiger partial charge on any atom is 0.361 e. The van der Waals surface area contributed by atoms with Crippen molar-refractivity contribution in [2.75, 3.05) is 48.8 Å². The molecule has 1 unspecified atom stereocenters. The largest absolute Gasteiger partial charge is 0.384 e. The number of nitrogens with one attached hydrogen (secondary N) is 1. The SMILES string of the molecule is CN(C)CCNc1cccc(N(C2C(=O)N(C)c3ccccc32)S(=O)(=O)O)c1. The van der Waals surface area contributed by atoms with E-state index in [4.69, 9.17) is 0 Å². The zero-order chi connectivity index (χ0) is 20.5. The van der Waals surface area contributed by atoms with Crippen molar-refractivity contribution < 1.29 is 17.8 Å². The van der Waals surface area contributed by atoms with E-state index < -0.39 is 22.3 Å². The summed E-state index contributed by atoms with van der Waals surface area (Å²) in [5, 5.41) is 3.21. The number of anilines is 3. The molecule has 28 heavy (non-hydrogen) atoms. The summed E-state index contributed by atoms with van der Waals surface area (Å²) in [5.74, 6) is -0.426. The number of para-hydroxylation sites is 1. The first-order chi connectivity index (χ1) is 13.2. The van der Waals surface area contributed by atoms with Gasteiger partial charge in [-0.2, -0.15) is 8.42 Å².